The Bertz CT molecular complexity index is 1100. The van der Waals surface area contributed by atoms with Gasteiger partial charge in [0, 0.05) is 31.4 Å². The second-order valence-electron chi connectivity index (χ2n) is 9.65. The zero-order valence-corrected chi connectivity index (χ0v) is 21.0. The highest BCUT2D eigenvalue weighted by molar-refractivity contribution is 6.46. The van der Waals surface area contributed by atoms with Gasteiger partial charge in [-0.1, -0.05) is 50.6 Å². The molecule has 1 aliphatic heterocycles. The van der Waals surface area contributed by atoms with Crippen LogP contribution in [0.15, 0.2) is 48.0 Å². The van der Waals surface area contributed by atoms with Gasteiger partial charge in [-0.3, -0.25) is 9.59 Å². The summed E-state index contributed by atoms with van der Waals surface area (Å²) in [6.07, 6.45) is 0.586. The quantitative estimate of drug-likeness (QED) is 0.253. The smallest absolute Gasteiger partial charge is 0.295 e. The van der Waals surface area contributed by atoms with Crippen molar-refractivity contribution in [3.05, 3.63) is 70.3 Å². The molecule has 2 aromatic rings. The van der Waals surface area contributed by atoms with Gasteiger partial charge in [-0.05, 0) is 49.4 Å². The Morgan fingerprint density at radius 1 is 1.12 bits per heavy atom. The number of hydrogen-bond donors (Lipinski definition) is 1. The summed E-state index contributed by atoms with van der Waals surface area (Å²) in [5, 5.41) is 11.4. The molecule has 0 radical (unpaired) electrons. The Balaban J connectivity index is 2.18. The van der Waals surface area contributed by atoms with Crippen molar-refractivity contribution in [2.45, 2.75) is 52.5 Å². The average Bonchev–Trinajstić information content (AvgIpc) is 3.03. The number of benzene rings is 2. The number of likely N-dealkylation sites (tertiary alicyclic amines) is 1. The molecular weight excluding hydrogens is 430 g/mol. The maximum atomic E-state index is 13.2. The minimum atomic E-state index is -0.674. The Hall–Kier alpha value is -3.12. The molecule has 0 bridgehead atoms. The molecule has 182 valence electrons. The van der Waals surface area contributed by atoms with Crippen LogP contribution in [-0.4, -0.2) is 48.6 Å². The van der Waals surface area contributed by atoms with Crippen LogP contribution in [-0.2, 0) is 19.7 Å². The number of ketones is 1. The summed E-state index contributed by atoms with van der Waals surface area (Å²) in [4.78, 5) is 27.8. The highest BCUT2D eigenvalue weighted by atomic mass is 16.5. The van der Waals surface area contributed by atoms with E-state index in [1.807, 2.05) is 50.2 Å². The zero-order chi connectivity index (χ0) is 25.0. The fraction of sp³-hybridized carbons (Fsp3) is 0.429. The monoisotopic (exact) mass is 465 g/mol. The Labute approximate surface area is 202 Å². The van der Waals surface area contributed by atoms with Gasteiger partial charge >= 0.3 is 0 Å². The third-order valence-corrected chi connectivity index (χ3v) is 6.01. The van der Waals surface area contributed by atoms with Gasteiger partial charge in [0.25, 0.3) is 11.7 Å². The van der Waals surface area contributed by atoms with Gasteiger partial charge in [-0.25, -0.2) is 0 Å². The number of carbonyl (C=O) groups excluding carboxylic acids is 2. The lowest BCUT2D eigenvalue weighted by Gasteiger charge is -2.26. The average molecular weight is 466 g/mol. The first kappa shape index (κ1) is 25.5. The van der Waals surface area contributed by atoms with Gasteiger partial charge in [-0.2, -0.15) is 0 Å². The van der Waals surface area contributed by atoms with Crippen molar-refractivity contribution in [3.63, 3.8) is 0 Å². The fourth-order valence-corrected chi connectivity index (χ4v) is 4.38. The van der Waals surface area contributed by atoms with E-state index >= 15 is 0 Å². The zero-order valence-electron chi connectivity index (χ0n) is 21.0. The number of aryl methyl sites for hydroxylation is 1. The van der Waals surface area contributed by atoms with Crippen LogP contribution in [0.4, 0.5) is 0 Å². The van der Waals surface area contributed by atoms with Crippen molar-refractivity contribution < 1.29 is 24.2 Å². The summed E-state index contributed by atoms with van der Waals surface area (Å²) in [5.41, 5.74) is 3.07. The number of hydrogen-bond acceptors (Lipinski definition) is 5. The van der Waals surface area contributed by atoms with Crippen LogP contribution in [0.3, 0.4) is 0 Å². The van der Waals surface area contributed by atoms with Crippen molar-refractivity contribution in [1.82, 2.24) is 4.90 Å². The number of carbonyl (C=O) groups is 2. The second kappa shape index (κ2) is 10.4. The lowest BCUT2D eigenvalue weighted by Crippen LogP contribution is -2.31. The molecule has 1 N–H and O–H groups in total. The Morgan fingerprint density at radius 3 is 2.47 bits per heavy atom. The third kappa shape index (κ3) is 5.17. The lowest BCUT2D eigenvalue weighted by molar-refractivity contribution is -0.140. The predicted molar refractivity (Wildman–Crippen MR) is 133 cm³/mol. The number of rotatable bonds is 8. The van der Waals surface area contributed by atoms with Gasteiger partial charge in [0.15, 0.2) is 0 Å². The Kier molecular flexibility index (Phi) is 7.82. The molecule has 1 fully saturated rings. The lowest BCUT2D eigenvalue weighted by atomic mass is 9.84. The minimum absolute atomic E-state index is 0.108. The van der Waals surface area contributed by atoms with Crippen molar-refractivity contribution >= 4 is 17.4 Å². The van der Waals surface area contributed by atoms with Crippen LogP contribution in [0.1, 0.15) is 62.4 Å². The van der Waals surface area contributed by atoms with E-state index in [1.54, 1.807) is 18.1 Å². The molecule has 1 saturated heterocycles. The van der Waals surface area contributed by atoms with Crippen LogP contribution in [0.25, 0.3) is 5.76 Å². The van der Waals surface area contributed by atoms with Crippen LogP contribution in [0.2, 0.25) is 0 Å². The van der Waals surface area contributed by atoms with Gasteiger partial charge in [0.05, 0.1) is 18.2 Å². The van der Waals surface area contributed by atoms with Gasteiger partial charge in [0.2, 0.25) is 0 Å². The predicted octanol–water partition coefficient (Wildman–Crippen LogP) is 5.15. The van der Waals surface area contributed by atoms with Crippen LogP contribution in [0.5, 0.6) is 5.75 Å². The summed E-state index contributed by atoms with van der Waals surface area (Å²) in [5.74, 6) is -0.715. The molecule has 1 atom stereocenters. The molecule has 1 amide bonds. The molecule has 1 aliphatic rings. The molecule has 2 aromatic carbocycles. The SMILES string of the molecule is CCOc1ccc(/C(O)=C2/C(=O)C(=O)N(CCCOC)C2c2cccc(C)c2)cc1C(C)(C)C. The van der Waals surface area contributed by atoms with Crippen LogP contribution >= 0.6 is 0 Å². The summed E-state index contributed by atoms with van der Waals surface area (Å²) < 4.78 is 10.9. The fourth-order valence-electron chi connectivity index (χ4n) is 4.38. The summed E-state index contributed by atoms with van der Waals surface area (Å²) in [6.45, 7) is 11.4. The number of nitrogens with zero attached hydrogens (tertiary/aromatic N) is 1. The minimum Gasteiger partial charge on any atom is -0.507 e. The second-order valence-corrected chi connectivity index (χ2v) is 9.65. The van der Waals surface area contributed by atoms with Crippen molar-refractivity contribution in [1.29, 1.82) is 0 Å². The maximum Gasteiger partial charge on any atom is 0.295 e. The molecule has 0 saturated carbocycles. The molecule has 34 heavy (non-hydrogen) atoms. The standard InChI is InChI=1S/C28H35NO5/c1-7-34-22-13-12-20(17-21(22)28(3,4)5)25(30)23-24(19-11-8-10-18(2)16-19)29(14-9-15-33-6)27(32)26(23)31/h8,10-13,16-17,24,30H,7,9,14-15H2,1-6H3/b25-23-. The largest absolute Gasteiger partial charge is 0.507 e. The molecule has 0 aliphatic carbocycles. The first-order chi connectivity index (χ1) is 16.1. The van der Waals surface area contributed by atoms with E-state index < -0.39 is 17.7 Å². The number of amides is 1. The number of ether oxygens (including phenoxy) is 2. The summed E-state index contributed by atoms with van der Waals surface area (Å²) in [7, 11) is 1.60. The highest BCUT2D eigenvalue weighted by Crippen LogP contribution is 2.41. The van der Waals surface area contributed by atoms with Crippen molar-refractivity contribution in [3.8, 4) is 5.75 Å². The van der Waals surface area contributed by atoms with Gasteiger partial charge < -0.3 is 19.5 Å². The topological polar surface area (TPSA) is 76.1 Å². The number of Topliss-reactive ketones (excluding diaryl/α,β-unsaturated/α-hetero) is 1. The first-order valence-electron chi connectivity index (χ1n) is 11.7. The number of aliphatic hydroxyl groups excluding tert-OH is 1. The van der Waals surface area contributed by atoms with E-state index in [1.165, 1.54) is 0 Å². The molecule has 0 aromatic heterocycles. The molecule has 6 heteroatoms. The molecule has 6 nitrogen and oxygen atoms in total. The van der Waals surface area contributed by atoms with Crippen molar-refractivity contribution in [2.24, 2.45) is 0 Å². The highest BCUT2D eigenvalue weighted by Gasteiger charge is 2.45. The van der Waals surface area contributed by atoms with E-state index in [2.05, 4.69) is 20.8 Å². The normalized spacial score (nSPS) is 17.9. The van der Waals surface area contributed by atoms with Crippen molar-refractivity contribution in [2.75, 3.05) is 26.9 Å². The van der Waals surface area contributed by atoms with E-state index in [-0.39, 0.29) is 16.7 Å². The number of methoxy groups -OCH3 is 1. The molecule has 3 rings (SSSR count). The maximum absolute atomic E-state index is 13.2. The van der Waals surface area contributed by atoms with E-state index in [9.17, 15) is 14.7 Å². The summed E-state index contributed by atoms with van der Waals surface area (Å²) in [6, 6.07) is 12.4. The van der Waals surface area contributed by atoms with Crippen LogP contribution in [0, 0.1) is 6.92 Å². The molecular formula is C28H35NO5. The third-order valence-electron chi connectivity index (χ3n) is 6.01. The molecule has 1 heterocycles. The molecule has 1 unspecified atom stereocenters. The van der Waals surface area contributed by atoms with Gasteiger partial charge in [0.1, 0.15) is 11.5 Å². The van der Waals surface area contributed by atoms with E-state index in [4.69, 9.17) is 9.47 Å². The summed E-state index contributed by atoms with van der Waals surface area (Å²) >= 11 is 0. The van der Waals surface area contributed by atoms with Gasteiger partial charge in [-0.15, -0.1) is 0 Å². The number of aliphatic hydroxyl groups is 1. The van der Waals surface area contributed by atoms with E-state index in [0.29, 0.717) is 31.7 Å². The van der Waals surface area contributed by atoms with E-state index in [0.717, 1.165) is 22.4 Å². The van der Waals surface area contributed by atoms with Crippen LogP contribution < -0.4 is 4.74 Å². The first-order valence-corrected chi connectivity index (χ1v) is 11.7. The Morgan fingerprint density at radius 2 is 1.85 bits per heavy atom. The molecule has 0 spiro atoms.